The number of rotatable bonds is 3. The molecule has 0 heterocycles. The van der Waals surface area contributed by atoms with Crippen LogP contribution in [0.15, 0.2) is 24.3 Å². The Bertz CT molecular complexity index is 386. The van der Waals surface area contributed by atoms with E-state index in [0.29, 0.717) is 17.5 Å². The van der Waals surface area contributed by atoms with Gasteiger partial charge < -0.3 is 5.32 Å². The molecule has 0 saturated heterocycles. The summed E-state index contributed by atoms with van der Waals surface area (Å²) in [4.78, 5) is 0. The Morgan fingerprint density at radius 3 is 2.65 bits per heavy atom. The summed E-state index contributed by atoms with van der Waals surface area (Å²) in [5.74, 6) is 0. The van der Waals surface area contributed by atoms with Crippen molar-refractivity contribution in [3.63, 3.8) is 0 Å². The van der Waals surface area contributed by atoms with E-state index in [1.54, 1.807) is 0 Å². The Kier molecular flexibility index (Phi) is 3.79. The molecule has 1 aliphatic carbocycles. The highest BCUT2D eigenvalue weighted by Gasteiger charge is 2.35. The number of hydrogen-bond acceptors (Lipinski definition) is 1. The Balaban J connectivity index is 2.07. The number of benzene rings is 1. The lowest BCUT2D eigenvalue weighted by Gasteiger charge is -2.31. The average Bonchev–Trinajstić information content (AvgIpc) is 2.59. The number of nitrogens with one attached hydrogen (secondary N) is 1. The molecule has 0 amide bonds. The first-order valence-electron chi connectivity index (χ1n) is 6.51. The molecule has 1 nitrogen and oxygen atoms in total. The standard InChI is InChI=1S/C15H22ClN/c1-11(12-7-4-5-8-13(12)16)17-14-9-6-10-15(14,2)3/h4-5,7-8,11,14,17H,6,9-10H2,1-3H3/t11-,14?/m0/s1. The summed E-state index contributed by atoms with van der Waals surface area (Å²) < 4.78 is 0. The van der Waals surface area contributed by atoms with E-state index in [-0.39, 0.29) is 0 Å². The van der Waals surface area contributed by atoms with Crippen molar-refractivity contribution >= 4 is 11.6 Å². The van der Waals surface area contributed by atoms with Crippen molar-refractivity contribution < 1.29 is 0 Å². The lowest BCUT2D eigenvalue weighted by Crippen LogP contribution is -2.39. The van der Waals surface area contributed by atoms with E-state index in [4.69, 9.17) is 11.6 Å². The third-order valence-corrected chi connectivity index (χ3v) is 4.42. The fourth-order valence-corrected chi connectivity index (χ4v) is 3.15. The molecule has 2 atom stereocenters. The van der Waals surface area contributed by atoms with Crippen LogP contribution in [-0.4, -0.2) is 6.04 Å². The maximum atomic E-state index is 6.24. The molecule has 1 saturated carbocycles. The fraction of sp³-hybridized carbons (Fsp3) is 0.600. The van der Waals surface area contributed by atoms with E-state index in [1.807, 2.05) is 12.1 Å². The van der Waals surface area contributed by atoms with Crippen LogP contribution in [0.5, 0.6) is 0 Å². The molecule has 1 fully saturated rings. The molecule has 1 aliphatic rings. The van der Waals surface area contributed by atoms with Gasteiger partial charge in [-0.1, -0.05) is 50.1 Å². The summed E-state index contributed by atoms with van der Waals surface area (Å²) in [6.45, 7) is 6.92. The molecular weight excluding hydrogens is 230 g/mol. The molecule has 1 aromatic rings. The van der Waals surface area contributed by atoms with Gasteiger partial charge in [-0.3, -0.25) is 0 Å². The molecule has 1 N–H and O–H groups in total. The molecule has 0 aliphatic heterocycles. The summed E-state index contributed by atoms with van der Waals surface area (Å²) >= 11 is 6.24. The van der Waals surface area contributed by atoms with E-state index < -0.39 is 0 Å². The molecule has 0 spiro atoms. The second-order valence-corrected chi connectivity index (χ2v) is 6.25. The Hall–Kier alpha value is -0.530. The van der Waals surface area contributed by atoms with Gasteiger partial charge in [-0.05, 0) is 36.8 Å². The maximum absolute atomic E-state index is 6.24. The Morgan fingerprint density at radius 2 is 2.06 bits per heavy atom. The predicted octanol–water partition coefficient (Wildman–Crippen LogP) is 4.57. The van der Waals surface area contributed by atoms with Gasteiger partial charge in [0.25, 0.3) is 0 Å². The summed E-state index contributed by atoms with van der Waals surface area (Å²) in [7, 11) is 0. The zero-order valence-corrected chi connectivity index (χ0v) is 11.7. The van der Waals surface area contributed by atoms with E-state index in [9.17, 15) is 0 Å². The summed E-state index contributed by atoms with van der Waals surface area (Å²) in [6.07, 6.45) is 3.93. The normalized spacial score (nSPS) is 24.8. The molecule has 17 heavy (non-hydrogen) atoms. The van der Waals surface area contributed by atoms with Gasteiger partial charge in [0.1, 0.15) is 0 Å². The largest absolute Gasteiger partial charge is 0.307 e. The van der Waals surface area contributed by atoms with Crippen molar-refractivity contribution in [2.24, 2.45) is 5.41 Å². The highest BCUT2D eigenvalue weighted by molar-refractivity contribution is 6.31. The van der Waals surface area contributed by atoms with E-state index in [0.717, 1.165) is 5.02 Å². The molecule has 0 bridgehead atoms. The SMILES string of the molecule is C[C@H](NC1CCCC1(C)C)c1ccccc1Cl. The van der Waals surface area contributed by atoms with E-state index in [1.165, 1.54) is 24.8 Å². The third kappa shape index (κ3) is 2.83. The van der Waals surface area contributed by atoms with Gasteiger partial charge in [0.05, 0.1) is 0 Å². The molecular formula is C15H22ClN. The topological polar surface area (TPSA) is 12.0 Å². The summed E-state index contributed by atoms with van der Waals surface area (Å²) in [5, 5.41) is 4.61. The highest BCUT2D eigenvalue weighted by Crippen LogP contribution is 2.38. The summed E-state index contributed by atoms with van der Waals surface area (Å²) in [6, 6.07) is 9.05. The minimum atomic E-state index is 0.325. The van der Waals surface area contributed by atoms with Crippen LogP contribution in [0, 0.1) is 5.41 Å². The Morgan fingerprint density at radius 1 is 1.35 bits per heavy atom. The second kappa shape index (κ2) is 4.99. The van der Waals surface area contributed by atoms with Crippen molar-refractivity contribution in [2.45, 2.75) is 52.1 Å². The van der Waals surface area contributed by atoms with Crippen LogP contribution >= 0.6 is 11.6 Å². The van der Waals surface area contributed by atoms with Gasteiger partial charge in [0, 0.05) is 17.1 Å². The van der Waals surface area contributed by atoms with Crippen LogP contribution in [0.4, 0.5) is 0 Å². The third-order valence-electron chi connectivity index (χ3n) is 4.08. The van der Waals surface area contributed by atoms with Crippen molar-refractivity contribution in [2.75, 3.05) is 0 Å². The molecule has 1 aromatic carbocycles. The van der Waals surface area contributed by atoms with Crippen LogP contribution < -0.4 is 5.32 Å². The average molecular weight is 252 g/mol. The van der Waals surface area contributed by atoms with Gasteiger partial charge in [-0.25, -0.2) is 0 Å². The zero-order chi connectivity index (χ0) is 12.5. The van der Waals surface area contributed by atoms with Gasteiger partial charge >= 0.3 is 0 Å². The van der Waals surface area contributed by atoms with Crippen LogP contribution in [0.2, 0.25) is 5.02 Å². The highest BCUT2D eigenvalue weighted by atomic mass is 35.5. The second-order valence-electron chi connectivity index (χ2n) is 5.84. The Labute approximate surface area is 110 Å². The quantitative estimate of drug-likeness (QED) is 0.830. The number of halogens is 1. The van der Waals surface area contributed by atoms with E-state index >= 15 is 0 Å². The first-order valence-corrected chi connectivity index (χ1v) is 6.89. The predicted molar refractivity (Wildman–Crippen MR) is 74.4 cm³/mol. The maximum Gasteiger partial charge on any atom is 0.0453 e. The fourth-order valence-electron chi connectivity index (χ4n) is 2.85. The minimum absolute atomic E-state index is 0.325. The molecule has 0 radical (unpaired) electrons. The van der Waals surface area contributed by atoms with Crippen molar-refractivity contribution in [3.8, 4) is 0 Å². The van der Waals surface area contributed by atoms with Gasteiger partial charge in [-0.15, -0.1) is 0 Å². The van der Waals surface area contributed by atoms with Gasteiger partial charge in [0.2, 0.25) is 0 Å². The number of hydrogen-bond donors (Lipinski definition) is 1. The first kappa shape index (κ1) is 12.9. The monoisotopic (exact) mass is 251 g/mol. The first-order chi connectivity index (χ1) is 8.00. The van der Waals surface area contributed by atoms with Crippen molar-refractivity contribution in [1.29, 1.82) is 0 Å². The minimum Gasteiger partial charge on any atom is -0.307 e. The van der Waals surface area contributed by atoms with Crippen LogP contribution in [-0.2, 0) is 0 Å². The molecule has 2 heteroatoms. The van der Waals surface area contributed by atoms with Crippen molar-refractivity contribution in [1.82, 2.24) is 5.32 Å². The zero-order valence-electron chi connectivity index (χ0n) is 11.0. The summed E-state index contributed by atoms with van der Waals surface area (Å²) in [5.41, 5.74) is 1.62. The van der Waals surface area contributed by atoms with Crippen molar-refractivity contribution in [3.05, 3.63) is 34.9 Å². The van der Waals surface area contributed by atoms with E-state index in [2.05, 4.69) is 38.2 Å². The van der Waals surface area contributed by atoms with Crippen LogP contribution in [0.25, 0.3) is 0 Å². The van der Waals surface area contributed by atoms with Crippen LogP contribution in [0.1, 0.15) is 51.6 Å². The van der Waals surface area contributed by atoms with Gasteiger partial charge in [0.15, 0.2) is 0 Å². The van der Waals surface area contributed by atoms with Crippen LogP contribution in [0.3, 0.4) is 0 Å². The lowest BCUT2D eigenvalue weighted by atomic mass is 9.86. The molecule has 0 aromatic heterocycles. The smallest absolute Gasteiger partial charge is 0.0453 e. The lowest BCUT2D eigenvalue weighted by molar-refractivity contribution is 0.266. The van der Waals surface area contributed by atoms with Gasteiger partial charge in [-0.2, -0.15) is 0 Å². The molecule has 2 rings (SSSR count). The molecule has 94 valence electrons. The molecule has 1 unspecified atom stereocenters.